The minimum absolute atomic E-state index is 0.0111. The highest BCUT2D eigenvalue weighted by atomic mass is 35.5. The number of halogens is 2. The number of methoxy groups -OCH3 is 1. The predicted molar refractivity (Wildman–Crippen MR) is 112 cm³/mol. The molecule has 0 aromatic heterocycles. The molecule has 2 atom stereocenters. The number of ether oxygens (including phenoxy) is 2. The van der Waals surface area contributed by atoms with Gasteiger partial charge < -0.3 is 14.6 Å². The van der Waals surface area contributed by atoms with Gasteiger partial charge in [-0.05, 0) is 46.9 Å². The fourth-order valence-electron chi connectivity index (χ4n) is 3.56. The van der Waals surface area contributed by atoms with Crippen LogP contribution in [0.5, 0.6) is 5.75 Å². The van der Waals surface area contributed by atoms with E-state index in [-0.39, 0.29) is 18.2 Å². The van der Waals surface area contributed by atoms with Gasteiger partial charge in [-0.2, -0.15) is 0 Å². The molecule has 4 nitrogen and oxygen atoms in total. The van der Waals surface area contributed by atoms with Crippen molar-refractivity contribution in [3.63, 3.8) is 0 Å². The van der Waals surface area contributed by atoms with E-state index in [4.69, 9.17) is 21.1 Å². The molecule has 29 heavy (non-hydrogen) atoms. The van der Waals surface area contributed by atoms with Crippen molar-refractivity contribution in [1.29, 1.82) is 0 Å². The summed E-state index contributed by atoms with van der Waals surface area (Å²) in [5, 5.41) is 10.3. The van der Waals surface area contributed by atoms with Gasteiger partial charge in [-0.15, -0.1) is 0 Å². The van der Waals surface area contributed by atoms with Crippen molar-refractivity contribution >= 4 is 23.6 Å². The molecule has 0 unspecified atom stereocenters. The van der Waals surface area contributed by atoms with E-state index in [0.717, 1.165) is 22.3 Å². The number of esters is 1. The summed E-state index contributed by atoms with van der Waals surface area (Å²) in [5.74, 6) is -0.117. The molecule has 1 heterocycles. The van der Waals surface area contributed by atoms with E-state index >= 15 is 0 Å². The van der Waals surface area contributed by atoms with Crippen LogP contribution < -0.4 is 4.74 Å². The topological polar surface area (TPSA) is 55.8 Å². The maximum atomic E-state index is 13.5. The van der Waals surface area contributed by atoms with Crippen LogP contribution in [0.25, 0.3) is 17.2 Å². The van der Waals surface area contributed by atoms with Gasteiger partial charge in [0.2, 0.25) is 0 Å². The predicted octanol–water partition coefficient (Wildman–Crippen LogP) is 5.36. The Labute approximate surface area is 174 Å². The molecule has 1 fully saturated rings. The van der Waals surface area contributed by atoms with Crippen LogP contribution in [-0.2, 0) is 9.53 Å². The smallest absolute Gasteiger partial charge is 0.309 e. The van der Waals surface area contributed by atoms with Crippen molar-refractivity contribution < 1.29 is 23.8 Å². The maximum Gasteiger partial charge on any atom is 0.309 e. The number of hydrogen-bond acceptors (Lipinski definition) is 4. The zero-order chi connectivity index (χ0) is 21.1. The van der Waals surface area contributed by atoms with Gasteiger partial charge in [0.1, 0.15) is 17.7 Å². The van der Waals surface area contributed by atoms with E-state index in [1.54, 1.807) is 18.2 Å². The molecule has 0 amide bonds. The lowest BCUT2D eigenvalue weighted by Crippen LogP contribution is -2.31. The zero-order valence-corrected chi connectivity index (χ0v) is 17.4. The van der Waals surface area contributed by atoms with Crippen molar-refractivity contribution in [2.24, 2.45) is 0 Å². The largest absolute Gasteiger partial charge is 0.495 e. The van der Waals surface area contributed by atoms with E-state index in [2.05, 4.69) is 0 Å². The minimum atomic E-state index is -0.716. The van der Waals surface area contributed by atoms with Crippen LogP contribution in [0.4, 0.5) is 4.39 Å². The number of aliphatic hydroxyl groups excluding tert-OH is 1. The fraction of sp³-hybridized carbons (Fsp3) is 0.348. The first-order valence-corrected chi connectivity index (χ1v) is 9.90. The molecule has 1 aliphatic rings. The molecule has 0 aliphatic carbocycles. The second kappa shape index (κ2) is 8.97. The second-order valence-electron chi connectivity index (χ2n) is 7.41. The Morgan fingerprint density at radius 1 is 1.31 bits per heavy atom. The summed E-state index contributed by atoms with van der Waals surface area (Å²) < 4.78 is 24.4. The number of carbonyl (C=O) groups excluding carboxylic acids is 1. The highest BCUT2D eigenvalue weighted by Gasteiger charge is 2.26. The Hall–Kier alpha value is -2.37. The Bertz CT molecular complexity index is 921. The normalized spacial score (nSPS) is 19.6. The van der Waals surface area contributed by atoms with Crippen LogP contribution in [0.2, 0.25) is 5.02 Å². The van der Waals surface area contributed by atoms with E-state index in [9.17, 15) is 14.3 Å². The van der Waals surface area contributed by atoms with E-state index < -0.39 is 18.2 Å². The standard InChI is InChI=1S/C23H24ClFO4/c1-13(2)19-12-20(24)23(28-3)22(14-4-6-15(25)7-5-14)18(19)9-8-17-10-16(26)11-21(27)29-17/h4-9,12-13,16-17,26H,10-11H2,1-3H3/t16-,17-/m0/s1. The van der Waals surface area contributed by atoms with Gasteiger partial charge in [0, 0.05) is 12.0 Å². The lowest BCUT2D eigenvalue weighted by molar-refractivity contribution is -0.156. The van der Waals surface area contributed by atoms with Crippen LogP contribution in [0.15, 0.2) is 36.4 Å². The molecule has 154 valence electrons. The highest BCUT2D eigenvalue weighted by Crippen LogP contribution is 2.43. The van der Waals surface area contributed by atoms with Crippen molar-refractivity contribution in [2.45, 2.75) is 44.8 Å². The van der Waals surface area contributed by atoms with Crippen molar-refractivity contribution in [3.8, 4) is 16.9 Å². The van der Waals surface area contributed by atoms with Gasteiger partial charge in [-0.3, -0.25) is 4.79 Å². The molecule has 2 aromatic carbocycles. The van der Waals surface area contributed by atoms with E-state index in [1.165, 1.54) is 19.2 Å². The van der Waals surface area contributed by atoms with Gasteiger partial charge >= 0.3 is 5.97 Å². The van der Waals surface area contributed by atoms with Crippen LogP contribution in [0, 0.1) is 5.82 Å². The summed E-state index contributed by atoms with van der Waals surface area (Å²) >= 11 is 6.49. The molecule has 3 rings (SSSR count). The quantitative estimate of drug-likeness (QED) is 0.664. The Morgan fingerprint density at radius 2 is 2.00 bits per heavy atom. The van der Waals surface area contributed by atoms with Crippen molar-refractivity contribution in [3.05, 3.63) is 58.4 Å². The van der Waals surface area contributed by atoms with Gasteiger partial charge in [0.15, 0.2) is 0 Å². The van der Waals surface area contributed by atoms with Crippen molar-refractivity contribution in [1.82, 2.24) is 0 Å². The Morgan fingerprint density at radius 3 is 2.59 bits per heavy atom. The zero-order valence-electron chi connectivity index (χ0n) is 16.6. The van der Waals surface area contributed by atoms with Crippen LogP contribution in [0.3, 0.4) is 0 Å². The number of carbonyl (C=O) groups is 1. The van der Waals surface area contributed by atoms with Crippen LogP contribution >= 0.6 is 11.6 Å². The molecular weight excluding hydrogens is 395 g/mol. The van der Waals surface area contributed by atoms with Crippen LogP contribution in [0.1, 0.15) is 43.7 Å². The molecule has 1 saturated heterocycles. The third-order valence-corrected chi connectivity index (χ3v) is 5.21. The summed E-state index contributed by atoms with van der Waals surface area (Å²) in [6, 6.07) is 7.99. The maximum absolute atomic E-state index is 13.5. The first-order valence-electron chi connectivity index (χ1n) is 9.52. The van der Waals surface area contributed by atoms with Gasteiger partial charge in [0.05, 0.1) is 24.7 Å². The number of benzene rings is 2. The summed E-state index contributed by atoms with van der Waals surface area (Å²) in [7, 11) is 1.54. The monoisotopic (exact) mass is 418 g/mol. The molecule has 0 spiro atoms. The minimum Gasteiger partial charge on any atom is -0.495 e. The molecule has 2 aromatic rings. The molecule has 6 heteroatoms. The van der Waals surface area contributed by atoms with Crippen molar-refractivity contribution in [2.75, 3.05) is 7.11 Å². The molecule has 0 radical (unpaired) electrons. The molecule has 1 aliphatic heterocycles. The molecular formula is C23H24ClFO4. The second-order valence-corrected chi connectivity index (χ2v) is 7.82. The Balaban J connectivity index is 2.16. The summed E-state index contributed by atoms with van der Waals surface area (Å²) in [6.07, 6.45) is 2.75. The third-order valence-electron chi connectivity index (χ3n) is 4.93. The average molecular weight is 419 g/mol. The van der Waals surface area contributed by atoms with E-state index in [1.807, 2.05) is 26.0 Å². The van der Waals surface area contributed by atoms with Crippen LogP contribution in [-0.4, -0.2) is 30.4 Å². The summed E-state index contributed by atoms with van der Waals surface area (Å²) in [6.45, 7) is 4.10. The molecule has 0 saturated carbocycles. The van der Waals surface area contributed by atoms with Gasteiger partial charge in [0.25, 0.3) is 0 Å². The summed E-state index contributed by atoms with van der Waals surface area (Å²) in [5.41, 5.74) is 3.33. The van der Waals surface area contributed by atoms with Gasteiger partial charge in [-0.1, -0.05) is 43.7 Å². The summed E-state index contributed by atoms with van der Waals surface area (Å²) in [4.78, 5) is 11.6. The third kappa shape index (κ3) is 4.80. The number of rotatable bonds is 5. The lowest BCUT2D eigenvalue weighted by Gasteiger charge is -2.24. The first-order chi connectivity index (χ1) is 13.8. The lowest BCUT2D eigenvalue weighted by atomic mass is 9.88. The highest BCUT2D eigenvalue weighted by molar-refractivity contribution is 6.32. The molecule has 0 bridgehead atoms. The number of aliphatic hydroxyl groups is 1. The first kappa shape index (κ1) is 21.3. The fourth-order valence-corrected chi connectivity index (χ4v) is 3.85. The van der Waals surface area contributed by atoms with Gasteiger partial charge in [-0.25, -0.2) is 4.39 Å². The molecule has 1 N–H and O–H groups in total. The number of cyclic esters (lactones) is 1. The SMILES string of the molecule is COc1c(Cl)cc(C(C)C)c(C=C[C@H]2C[C@H](O)CC(=O)O2)c1-c1ccc(F)cc1. The Kier molecular flexibility index (Phi) is 6.60. The average Bonchev–Trinajstić information content (AvgIpc) is 2.66. The number of hydrogen-bond donors (Lipinski definition) is 1. The van der Waals surface area contributed by atoms with E-state index in [0.29, 0.717) is 17.2 Å².